The fourth-order valence-corrected chi connectivity index (χ4v) is 2.16. The Balaban J connectivity index is 2.22. The van der Waals surface area contributed by atoms with E-state index in [0.29, 0.717) is 0 Å². The number of carboxylic acids is 1. The minimum Gasteiger partial charge on any atom is -0.481 e. The lowest BCUT2D eigenvalue weighted by Gasteiger charge is -2.09. The van der Waals surface area contributed by atoms with Crippen molar-refractivity contribution in [3.8, 4) is 0 Å². The van der Waals surface area contributed by atoms with Crippen molar-refractivity contribution in [2.45, 2.75) is 12.6 Å². The van der Waals surface area contributed by atoms with Crippen molar-refractivity contribution in [1.29, 1.82) is 0 Å². The zero-order chi connectivity index (χ0) is 14.4. The molecule has 0 heterocycles. The van der Waals surface area contributed by atoms with Gasteiger partial charge in [0.1, 0.15) is 0 Å². The first-order valence-corrected chi connectivity index (χ1v) is 5.73. The Kier molecular flexibility index (Phi) is 3.30. The van der Waals surface area contributed by atoms with Gasteiger partial charge in [-0.2, -0.15) is 13.2 Å². The summed E-state index contributed by atoms with van der Waals surface area (Å²) in [4.78, 5) is 22.5. The summed E-state index contributed by atoms with van der Waals surface area (Å²) in [7, 11) is 0. The summed E-state index contributed by atoms with van der Waals surface area (Å²) >= 11 is 5.49. The number of alkyl halides is 3. The molecule has 1 aromatic carbocycles. The number of Topliss-reactive ketones (excluding diaryl/α,β-unsaturated/α-hetero) is 1. The summed E-state index contributed by atoms with van der Waals surface area (Å²) < 4.78 is 37.4. The van der Waals surface area contributed by atoms with Gasteiger partial charge in [-0.3, -0.25) is 9.59 Å². The van der Waals surface area contributed by atoms with Crippen molar-refractivity contribution in [2.24, 2.45) is 11.8 Å². The number of carbonyl (C=O) groups is 2. The third-order valence-corrected chi connectivity index (χ3v) is 3.32. The molecule has 19 heavy (non-hydrogen) atoms. The fraction of sp³-hybridized carbons (Fsp3) is 0.333. The third kappa shape index (κ3) is 2.73. The summed E-state index contributed by atoms with van der Waals surface area (Å²) in [6.07, 6.45) is -4.37. The van der Waals surface area contributed by atoms with Crippen LogP contribution in [0.25, 0.3) is 0 Å². The Labute approximate surface area is 111 Å². The molecular formula is C12H8ClF3O3. The van der Waals surface area contributed by atoms with Gasteiger partial charge in [0.15, 0.2) is 5.78 Å². The maximum Gasteiger partial charge on any atom is 0.417 e. The molecule has 2 rings (SSSR count). The van der Waals surface area contributed by atoms with Gasteiger partial charge in [-0.05, 0) is 18.6 Å². The van der Waals surface area contributed by atoms with Crippen LogP contribution in [0.5, 0.6) is 0 Å². The Morgan fingerprint density at radius 3 is 2.32 bits per heavy atom. The first-order valence-electron chi connectivity index (χ1n) is 5.35. The highest BCUT2D eigenvalue weighted by molar-refractivity contribution is 6.31. The largest absolute Gasteiger partial charge is 0.481 e. The molecule has 0 bridgehead atoms. The van der Waals surface area contributed by atoms with Gasteiger partial charge in [0.25, 0.3) is 0 Å². The van der Waals surface area contributed by atoms with Crippen molar-refractivity contribution in [2.75, 3.05) is 0 Å². The predicted octanol–water partition coefficient (Wildman–Crippen LogP) is 3.26. The molecule has 1 aliphatic carbocycles. The van der Waals surface area contributed by atoms with Gasteiger partial charge in [-0.15, -0.1) is 0 Å². The van der Waals surface area contributed by atoms with E-state index < -0.39 is 40.4 Å². The highest BCUT2D eigenvalue weighted by Gasteiger charge is 2.48. The van der Waals surface area contributed by atoms with E-state index >= 15 is 0 Å². The molecule has 0 amide bonds. The Bertz CT molecular complexity index is 554. The number of carbonyl (C=O) groups excluding carboxylic acids is 1. The summed E-state index contributed by atoms with van der Waals surface area (Å²) in [5, 5.41) is 8.13. The van der Waals surface area contributed by atoms with Gasteiger partial charge in [0.2, 0.25) is 0 Å². The molecule has 1 aromatic rings. The van der Waals surface area contributed by atoms with Gasteiger partial charge in [-0.1, -0.05) is 17.7 Å². The Morgan fingerprint density at radius 1 is 1.26 bits per heavy atom. The minimum atomic E-state index is -4.58. The smallest absolute Gasteiger partial charge is 0.417 e. The van der Waals surface area contributed by atoms with Crippen LogP contribution >= 0.6 is 11.6 Å². The van der Waals surface area contributed by atoms with E-state index in [1.807, 2.05) is 0 Å². The number of benzene rings is 1. The molecule has 0 aromatic heterocycles. The molecule has 1 aliphatic rings. The first-order chi connectivity index (χ1) is 8.71. The van der Waals surface area contributed by atoms with Crippen LogP contribution in [0.3, 0.4) is 0 Å². The molecule has 0 saturated heterocycles. The van der Waals surface area contributed by atoms with Crippen molar-refractivity contribution >= 4 is 23.4 Å². The average Bonchev–Trinajstić information content (AvgIpc) is 3.05. The SMILES string of the molecule is O=C(O)[C@H]1C[C@@H]1C(=O)c1ccc(C(F)(F)F)c(Cl)c1. The maximum absolute atomic E-state index is 12.5. The number of ketones is 1. The molecule has 0 spiro atoms. The highest BCUT2D eigenvalue weighted by Crippen LogP contribution is 2.42. The van der Waals surface area contributed by atoms with E-state index in [1.165, 1.54) is 0 Å². The van der Waals surface area contributed by atoms with Crippen LogP contribution in [0.1, 0.15) is 22.3 Å². The highest BCUT2D eigenvalue weighted by atomic mass is 35.5. The maximum atomic E-state index is 12.5. The Morgan fingerprint density at radius 2 is 1.89 bits per heavy atom. The molecule has 3 nitrogen and oxygen atoms in total. The third-order valence-electron chi connectivity index (χ3n) is 3.00. The summed E-state index contributed by atoms with van der Waals surface area (Å²) in [6, 6.07) is 2.69. The lowest BCUT2D eigenvalue weighted by atomic mass is 10.0. The van der Waals surface area contributed by atoms with Gasteiger partial charge in [0, 0.05) is 11.5 Å². The second-order valence-electron chi connectivity index (χ2n) is 4.34. The van der Waals surface area contributed by atoms with E-state index in [0.717, 1.165) is 18.2 Å². The average molecular weight is 293 g/mol. The predicted molar refractivity (Wildman–Crippen MR) is 60.0 cm³/mol. The quantitative estimate of drug-likeness (QED) is 0.870. The lowest BCUT2D eigenvalue weighted by Crippen LogP contribution is -2.10. The van der Waals surface area contributed by atoms with Crippen LogP contribution in [0, 0.1) is 11.8 Å². The monoisotopic (exact) mass is 292 g/mol. The van der Waals surface area contributed by atoms with E-state index in [9.17, 15) is 22.8 Å². The molecule has 7 heteroatoms. The van der Waals surface area contributed by atoms with Crippen LogP contribution in [0.4, 0.5) is 13.2 Å². The van der Waals surface area contributed by atoms with Crippen molar-refractivity contribution < 1.29 is 27.9 Å². The standard InChI is InChI=1S/C12H8ClF3O3/c13-9-3-5(1-2-8(9)12(14,15)16)10(17)6-4-7(6)11(18)19/h1-3,6-7H,4H2,(H,18,19)/t6-,7-/m0/s1. The molecule has 1 N–H and O–H groups in total. The molecule has 1 fully saturated rings. The van der Waals surface area contributed by atoms with Gasteiger partial charge in [-0.25, -0.2) is 0 Å². The fourth-order valence-electron chi connectivity index (χ4n) is 1.87. The molecular weight excluding hydrogens is 285 g/mol. The van der Waals surface area contributed by atoms with Gasteiger partial charge in [0.05, 0.1) is 16.5 Å². The number of rotatable bonds is 3. The first kappa shape index (κ1) is 13.9. The van der Waals surface area contributed by atoms with Crippen LogP contribution in [0.15, 0.2) is 18.2 Å². The van der Waals surface area contributed by atoms with E-state index in [1.54, 1.807) is 0 Å². The molecule has 0 aliphatic heterocycles. The van der Waals surface area contributed by atoms with Crippen molar-refractivity contribution in [1.82, 2.24) is 0 Å². The van der Waals surface area contributed by atoms with E-state index in [-0.39, 0.29) is 12.0 Å². The van der Waals surface area contributed by atoms with Gasteiger partial charge < -0.3 is 5.11 Å². The normalized spacial score (nSPS) is 22.1. The van der Waals surface area contributed by atoms with Gasteiger partial charge >= 0.3 is 12.1 Å². The number of hydrogen-bond donors (Lipinski definition) is 1. The van der Waals surface area contributed by atoms with Crippen LogP contribution in [-0.2, 0) is 11.0 Å². The molecule has 0 radical (unpaired) electrons. The van der Waals surface area contributed by atoms with Crippen LogP contribution < -0.4 is 0 Å². The zero-order valence-corrected chi connectivity index (χ0v) is 10.1. The summed E-state index contributed by atoms with van der Waals surface area (Å²) in [5.41, 5.74) is -1.01. The van der Waals surface area contributed by atoms with Crippen molar-refractivity contribution in [3.63, 3.8) is 0 Å². The van der Waals surface area contributed by atoms with Crippen LogP contribution in [-0.4, -0.2) is 16.9 Å². The topological polar surface area (TPSA) is 54.4 Å². The molecule has 102 valence electrons. The summed E-state index contributed by atoms with van der Waals surface area (Å²) in [5.74, 6) is -2.96. The second-order valence-corrected chi connectivity index (χ2v) is 4.75. The van der Waals surface area contributed by atoms with Crippen molar-refractivity contribution in [3.05, 3.63) is 34.3 Å². The zero-order valence-electron chi connectivity index (χ0n) is 9.37. The Hall–Kier alpha value is -1.56. The van der Waals surface area contributed by atoms with E-state index in [4.69, 9.17) is 16.7 Å². The van der Waals surface area contributed by atoms with Crippen LogP contribution in [0.2, 0.25) is 5.02 Å². The summed E-state index contributed by atoms with van der Waals surface area (Å²) in [6.45, 7) is 0. The molecule has 1 saturated carbocycles. The number of hydrogen-bond acceptors (Lipinski definition) is 2. The lowest BCUT2D eigenvalue weighted by molar-refractivity contribution is -0.139. The number of carboxylic acid groups (broad SMARTS) is 1. The molecule has 0 unspecified atom stereocenters. The second kappa shape index (κ2) is 4.52. The number of halogens is 4. The number of aliphatic carboxylic acids is 1. The molecule has 2 atom stereocenters. The van der Waals surface area contributed by atoms with E-state index in [2.05, 4.69) is 0 Å². The minimum absolute atomic E-state index is 0.00625.